The zero-order valence-corrected chi connectivity index (χ0v) is 8.43. The molecule has 0 heterocycles. The first-order valence-electron chi connectivity index (χ1n) is 4.60. The number of nitriles is 1. The highest BCUT2D eigenvalue weighted by atomic mass is 16.5. The molecule has 1 rings (SSSR count). The Hall–Kier alpha value is -2.08. The Kier molecular flexibility index (Phi) is 4.11. The Labute approximate surface area is 88.6 Å². The summed E-state index contributed by atoms with van der Waals surface area (Å²) in [6.45, 7) is 2.38. The lowest BCUT2D eigenvalue weighted by atomic mass is 10.1. The number of ether oxygens (including phenoxy) is 1. The Balaban J connectivity index is 3.02. The average Bonchev–Trinajstić information content (AvgIpc) is 2.28. The molecule has 0 amide bonds. The van der Waals surface area contributed by atoms with Crippen molar-refractivity contribution in [3.05, 3.63) is 35.4 Å². The summed E-state index contributed by atoms with van der Waals surface area (Å²) in [7, 11) is 0. The Morgan fingerprint density at radius 3 is 2.93 bits per heavy atom. The van der Waals surface area contributed by atoms with Gasteiger partial charge in [0, 0.05) is 6.08 Å². The molecule has 3 nitrogen and oxygen atoms in total. The fraction of sp³-hybridized carbons (Fsp3) is 0.167. The molecule has 76 valence electrons. The minimum Gasteiger partial charge on any atom is -0.493 e. The van der Waals surface area contributed by atoms with E-state index in [-0.39, 0.29) is 0 Å². The van der Waals surface area contributed by atoms with Crippen LogP contribution >= 0.6 is 0 Å². The van der Waals surface area contributed by atoms with E-state index in [2.05, 4.69) is 0 Å². The van der Waals surface area contributed by atoms with Crippen LogP contribution in [0.15, 0.2) is 24.3 Å². The lowest BCUT2D eigenvalue weighted by Crippen LogP contribution is -1.96. The minimum atomic E-state index is 0.497. The first-order valence-corrected chi connectivity index (χ1v) is 4.60. The molecule has 0 bridgehead atoms. The van der Waals surface area contributed by atoms with Gasteiger partial charge in [0.05, 0.1) is 18.2 Å². The van der Waals surface area contributed by atoms with Crippen LogP contribution in [0.3, 0.4) is 0 Å². The van der Waals surface area contributed by atoms with E-state index in [1.807, 2.05) is 13.0 Å². The number of carbonyl (C=O) groups excluding carboxylic acids is 1. The molecular formula is C12H11NO2. The van der Waals surface area contributed by atoms with E-state index >= 15 is 0 Å². The number of carbonyl (C=O) groups is 1. The van der Waals surface area contributed by atoms with Crippen molar-refractivity contribution in [2.45, 2.75) is 6.92 Å². The summed E-state index contributed by atoms with van der Waals surface area (Å²) in [5.41, 5.74) is 1.30. The van der Waals surface area contributed by atoms with E-state index in [4.69, 9.17) is 10.00 Å². The van der Waals surface area contributed by atoms with Gasteiger partial charge in [-0.3, -0.25) is 4.79 Å². The summed E-state index contributed by atoms with van der Waals surface area (Å²) in [6.07, 6.45) is 3.75. The van der Waals surface area contributed by atoms with Crippen LogP contribution in [0.5, 0.6) is 5.75 Å². The molecule has 0 N–H and O–H groups in total. The topological polar surface area (TPSA) is 50.1 Å². The maximum atomic E-state index is 10.8. The van der Waals surface area contributed by atoms with Gasteiger partial charge in [0.25, 0.3) is 0 Å². The zero-order valence-electron chi connectivity index (χ0n) is 8.43. The van der Waals surface area contributed by atoms with Crippen LogP contribution in [-0.2, 0) is 0 Å². The third-order valence-electron chi connectivity index (χ3n) is 1.81. The number of hydrogen-bond donors (Lipinski definition) is 0. The molecule has 15 heavy (non-hydrogen) atoms. The lowest BCUT2D eigenvalue weighted by molar-refractivity contribution is 0.112. The second-order valence-electron chi connectivity index (χ2n) is 2.81. The summed E-state index contributed by atoms with van der Waals surface area (Å²) in [4.78, 5) is 10.8. The second-order valence-corrected chi connectivity index (χ2v) is 2.81. The highest BCUT2D eigenvalue weighted by molar-refractivity contribution is 5.80. The van der Waals surface area contributed by atoms with Gasteiger partial charge in [0.15, 0.2) is 6.29 Å². The van der Waals surface area contributed by atoms with Crippen molar-refractivity contribution in [2.24, 2.45) is 0 Å². The Morgan fingerprint density at radius 1 is 1.53 bits per heavy atom. The molecule has 3 heteroatoms. The Bertz CT molecular complexity index is 416. The van der Waals surface area contributed by atoms with E-state index in [1.165, 1.54) is 6.08 Å². The molecule has 0 saturated carbocycles. The van der Waals surface area contributed by atoms with Crippen molar-refractivity contribution in [2.75, 3.05) is 6.61 Å². The first-order chi connectivity index (χ1) is 7.31. The normalized spacial score (nSPS) is 9.87. The van der Waals surface area contributed by atoms with E-state index in [0.29, 0.717) is 17.9 Å². The molecule has 1 aromatic carbocycles. The number of allylic oxidation sites excluding steroid dienone is 1. The molecule has 0 fully saturated rings. The average molecular weight is 201 g/mol. The number of nitrogens with zero attached hydrogens (tertiary/aromatic N) is 1. The first kappa shape index (κ1) is 11.0. The third kappa shape index (κ3) is 2.96. The summed E-state index contributed by atoms with van der Waals surface area (Å²) in [5, 5.41) is 8.36. The Morgan fingerprint density at radius 2 is 2.33 bits per heavy atom. The summed E-state index contributed by atoms with van der Waals surface area (Å²) in [6, 6.07) is 7.10. The van der Waals surface area contributed by atoms with Crippen LogP contribution in [0.1, 0.15) is 22.8 Å². The SMILES string of the molecule is CCOc1ccc(C=CC#N)cc1C=O. The molecule has 0 atom stereocenters. The van der Waals surface area contributed by atoms with Crippen molar-refractivity contribution in [1.82, 2.24) is 0 Å². The van der Waals surface area contributed by atoms with Gasteiger partial charge in [-0.05, 0) is 30.7 Å². The molecule has 0 aliphatic rings. The molecule has 0 unspecified atom stereocenters. The molecule has 0 radical (unpaired) electrons. The molecule has 0 aromatic heterocycles. The number of rotatable bonds is 4. The van der Waals surface area contributed by atoms with Crippen LogP contribution < -0.4 is 4.74 Å². The fourth-order valence-electron chi connectivity index (χ4n) is 1.18. The quantitative estimate of drug-likeness (QED) is 0.555. The van der Waals surface area contributed by atoms with Gasteiger partial charge < -0.3 is 4.74 Å². The van der Waals surface area contributed by atoms with Gasteiger partial charge in [-0.15, -0.1) is 0 Å². The van der Waals surface area contributed by atoms with Gasteiger partial charge in [0.1, 0.15) is 5.75 Å². The highest BCUT2D eigenvalue weighted by Gasteiger charge is 2.02. The highest BCUT2D eigenvalue weighted by Crippen LogP contribution is 2.19. The van der Waals surface area contributed by atoms with Crippen molar-refractivity contribution < 1.29 is 9.53 Å². The van der Waals surface area contributed by atoms with Crippen LogP contribution in [-0.4, -0.2) is 12.9 Å². The summed E-state index contributed by atoms with van der Waals surface area (Å²) < 4.78 is 5.27. The van der Waals surface area contributed by atoms with E-state index in [1.54, 1.807) is 24.3 Å². The smallest absolute Gasteiger partial charge is 0.153 e. The third-order valence-corrected chi connectivity index (χ3v) is 1.81. The maximum Gasteiger partial charge on any atom is 0.153 e. The number of benzene rings is 1. The molecule has 0 aliphatic heterocycles. The zero-order chi connectivity index (χ0) is 11.1. The lowest BCUT2D eigenvalue weighted by Gasteiger charge is -2.06. The van der Waals surface area contributed by atoms with E-state index < -0.39 is 0 Å². The minimum absolute atomic E-state index is 0.497. The van der Waals surface area contributed by atoms with Crippen LogP contribution in [0.25, 0.3) is 6.08 Å². The standard InChI is InChI=1S/C12H11NO2/c1-2-15-12-6-5-10(4-3-7-13)8-11(12)9-14/h3-6,8-9H,2H2,1H3. The fourth-order valence-corrected chi connectivity index (χ4v) is 1.18. The second kappa shape index (κ2) is 5.61. The number of aldehydes is 1. The summed E-state index contributed by atoms with van der Waals surface area (Å²) in [5.74, 6) is 0.571. The monoisotopic (exact) mass is 201 g/mol. The van der Waals surface area contributed by atoms with Crippen LogP contribution in [0, 0.1) is 11.3 Å². The maximum absolute atomic E-state index is 10.8. The largest absolute Gasteiger partial charge is 0.493 e. The van der Waals surface area contributed by atoms with Gasteiger partial charge >= 0.3 is 0 Å². The van der Waals surface area contributed by atoms with E-state index in [0.717, 1.165) is 11.8 Å². The molecule has 0 saturated heterocycles. The van der Waals surface area contributed by atoms with Crippen molar-refractivity contribution in [3.8, 4) is 11.8 Å². The van der Waals surface area contributed by atoms with Crippen molar-refractivity contribution >= 4 is 12.4 Å². The summed E-state index contributed by atoms with van der Waals surface area (Å²) >= 11 is 0. The molecular weight excluding hydrogens is 190 g/mol. The van der Waals surface area contributed by atoms with Crippen LogP contribution in [0.2, 0.25) is 0 Å². The van der Waals surface area contributed by atoms with Crippen LogP contribution in [0.4, 0.5) is 0 Å². The van der Waals surface area contributed by atoms with Crippen molar-refractivity contribution in [1.29, 1.82) is 5.26 Å². The van der Waals surface area contributed by atoms with Crippen molar-refractivity contribution in [3.63, 3.8) is 0 Å². The molecule has 1 aromatic rings. The van der Waals surface area contributed by atoms with E-state index in [9.17, 15) is 4.79 Å². The van der Waals surface area contributed by atoms with Gasteiger partial charge in [-0.2, -0.15) is 5.26 Å². The van der Waals surface area contributed by atoms with Gasteiger partial charge in [-0.25, -0.2) is 0 Å². The van der Waals surface area contributed by atoms with Gasteiger partial charge in [0.2, 0.25) is 0 Å². The predicted octanol–water partition coefficient (Wildman–Crippen LogP) is 2.43. The molecule has 0 aliphatic carbocycles. The van der Waals surface area contributed by atoms with Gasteiger partial charge in [-0.1, -0.05) is 6.07 Å². The number of hydrogen-bond acceptors (Lipinski definition) is 3. The molecule has 0 spiro atoms. The predicted molar refractivity (Wildman–Crippen MR) is 57.6 cm³/mol.